The minimum absolute atomic E-state index is 0.197. The Morgan fingerprint density at radius 2 is 1.55 bits per heavy atom. The number of carbonyl (C=O) groups excluding carboxylic acids is 3. The van der Waals surface area contributed by atoms with Crippen molar-refractivity contribution >= 4 is 37.8 Å². The van der Waals surface area contributed by atoms with Crippen molar-refractivity contribution in [2.75, 3.05) is 53.4 Å². The van der Waals surface area contributed by atoms with Crippen LogP contribution in [0.5, 0.6) is 0 Å². The number of amides is 2. The van der Waals surface area contributed by atoms with Gasteiger partial charge in [-0.25, -0.2) is 0 Å². The number of likely N-dealkylation sites (tertiary alicyclic amines) is 2. The van der Waals surface area contributed by atoms with Crippen molar-refractivity contribution in [1.82, 2.24) is 14.7 Å². The van der Waals surface area contributed by atoms with Gasteiger partial charge in [-0.15, -0.1) is 0 Å². The Hall–Kier alpha value is -3.85. The first-order chi connectivity index (χ1) is 24.4. The van der Waals surface area contributed by atoms with Gasteiger partial charge in [-0.05, 0) is 88.4 Å². The van der Waals surface area contributed by atoms with E-state index in [1.165, 1.54) is 31.0 Å². The molecule has 2 amide bonds. The number of carbonyl (C=O) groups is 3. The summed E-state index contributed by atoms with van der Waals surface area (Å²) in [6.45, 7) is 14.3. The quantitative estimate of drug-likeness (QED) is 0.219. The number of rotatable bonds is 8. The van der Waals surface area contributed by atoms with E-state index in [9.17, 15) is 18.4 Å². The van der Waals surface area contributed by atoms with Crippen LogP contribution >= 0.6 is 8.38 Å². The van der Waals surface area contributed by atoms with E-state index in [1.54, 1.807) is 6.07 Å². The minimum atomic E-state index is -3.72. The highest BCUT2D eigenvalue weighted by atomic mass is 31.2. The van der Waals surface area contributed by atoms with Crippen LogP contribution in [0.1, 0.15) is 68.8 Å². The number of primary amides is 1. The van der Waals surface area contributed by atoms with Crippen LogP contribution in [-0.4, -0.2) is 96.5 Å². The van der Waals surface area contributed by atoms with Crippen LogP contribution in [0.4, 0.5) is 8.78 Å². The largest absolute Gasteiger partial charge is 0.366 e. The number of nitrogens with zero attached hydrogens (tertiary/aromatic N) is 4. The predicted octanol–water partition coefficient (Wildman–Crippen LogP) is 6.61. The number of nitriles is 1. The molecule has 0 bridgehead atoms. The molecule has 13 heteroatoms. The lowest BCUT2D eigenvalue weighted by atomic mass is 10.0. The van der Waals surface area contributed by atoms with Crippen LogP contribution < -0.4 is 5.73 Å². The zero-order chi connectivity index (χ0) is 38.8. The van der Waals surface area contributed by atoms with Crippen LogP contribution in [0.25, 0.3) is 10.8 Å². The molecule has 5 rings (SSSR count). The Morgan fingerprint density at radius 1 is 1.00 bits per heavy atom. The first kappa shape index (κ1) is 47.1. The second-order valence-corrected chi connectivity index (χ2v) is 12.7. The van der Waals surface area contributed by atoms with Crippen molar-refractivity contribution in [3.05, 3.63) is 83.9 Å². The molecular weight excluding hydrogens is 675 g/mol. The van der Waals surface area contributed by atoms with Crippen LogP contribution in [0.2, 0.25) is 0 Å². The van der Waals surface area contributed by atoms with Gasteiger partial charge in [-0.3, -0.25) is 9.59 Å². The van der Waals surface area contributed by atoms with Gasteiger partial charge < -0.3 is 35.0 Å². The summed E-state index contributed by atoms with van der Waals surface area (Å²) < 4.78 is 27.0. The van der Waals surface area contributed by atoms with Crippen molar-refractivity contribution in [1.29, 1.82) is 5.26 Å². The number of halogens is 2. The molecule has 0 aromatic heterocycles. The lowest BCUT2D eigenvalue weighted by molar-refractivity contribution is -0.130. The smallest absolute Gasteiger partial charge is 0.339 e. The average Bonchev–Trinajstić information content (AvgIpc) is 3.86. The molecule has 0 saturated carbocycles. The van der Waals surface area contributed by atoms with Gasteiger partial charge in [0.1, 0.15) is 6.79 Å². The molecule has 1 atom stereocenters. The molecule has 51 heavy (non-hydrogen) atoms. The van der Waals surface area contributed by atoms with E-state index in [-0.39, 0.29) is 5.56 Å². The summed E-state index contributed by atoms with van der Waals surface area (Å²) in [5.74, 6) is -0.00219. The SMILES string of the molecule is C=O.CC.CCN(C)CCCC(=O)N1CCCC1.CN1CCC(C#N)C1.NC(=O)c1ccc2ccc(C(F)(F)P(O)O)cc2c1.c1ccccc1. The van der Waals surface area contributed by atoms with Gasteiger partial charge in [-0.2, -0.15) is 14.0 Å². The van der Waals surface area contributed by atoms with E-state index in [0.717, 1.165) is 70.7 Å². The molecule has 0 radical (unpaired) electrons. The first-order valence-corrected chi connectivity index (χ1v) is 18.4. The summed E-state index contributed by atoms with van der Waals surface area (Å²) in [4.78, 5) is 54.6. The van der Waals surface area contributed by atoms with Gasteiger partial charge in [0.15, 0.2) is 0 Å². The molecule has 10 nitrogen and oxygen atoms in total. The number of benzene rings is 3. The Morgan fingerprint density at radius 3 is 1.98 bits per heavy atom. The average molecular weight is 732 g/mol. The summed E-state index contributed by atoms with van der Waals surface area (Å²) in [6, 6.07) is 22.4. The molecule has 2 aliphatic heterocycles. The minimum Gasteiger partial charge on any atom is -0.366 e. The third-order valence-corrected chi connectivity index (χ3v) is 8.65. The van der Waals surface area contributed by atoms with E-state index < -0.39 is 25.5 Å². The predicted molar refractivity (Wildman–Crippen MR) is 202 cm³/mol. The third kappa shape index (κ3) is 18.3. The summed E-state index contributed by atoms with van der Waals surface area (Å²) in [5.41, 5.74) is 1.08. The van der Waals surface area contributed by atoms with Crippen molar-refractivity contribution in [3.63, 3.8) is 0 Å². The van der Waals surface area contributed by atoms with Crippen molar-refractivity contribution in [2.45, 2.75) is 58.5 Å². The number of fused-ring (bicyclic) bond motifs is 1. The molecule has 2 aliphatic rings. The lowest BCUT2D eigenvalue weighted by Crippen LogP contribution is -2.28. The number of alkyl halides is 2. The summed E-state index contributed by atoms with van der Waals surface area (Å²) in [5, 5.41) is 9.43. The Balaban J connectivity index is 0.000000682. The third-order valence-electron chi connectivity index (χ3n) is 7.89. The van der Waals surface area contributed by atoms with Gasteiger partial charge in [0.05, 0.1) is 12.0 Å². The summed E-state index contributed by atoms with van der Waals surface area (Å²) in [6.07, 6.45) is 5.18. The molecule has 2 heterocycles. The number of hydrogen-bond acceptors (Lipinski definition) is 8. The Labute approximate surface area is 303 Å². The van der Waals surface area contributed by atoms with E-state index in [2.05, 4.69) is 36.9 Å². The second kappa shape index (κ2) is 26.9. The molecule has 0 aliphatic carbocycles. The maximum Gasteiger partial charge on any atom is 0.339 e. The summed E-state index contributed by atoms with van der Waals surface area (Å²) in [7, 11) is 0.730. The maximum absolute atomic E-state index is 13.5. The van der Waals surface area contributed by atoms with Crippen molar-refractivity contribution in [2.24, 2.45) is 11.7 Å². The van der Waals surface area contributed by atoms with Crippen LogP contribution in [0.15, 0.2) is 72.8 Å². The topological polar surface area (TPSA) is 151 Å². The van der Waals surface area contributed by atoms with E-state index in [1.807, 2.05) is 61.9 Å². The fraction of sp³-hybridized carbons (Fsp3) is 0.474. The van der Waals surface area contributed by atoms with Crippen LogP contribution in [0.3, 0.4) is 0 Å². The second-order valence-electron chi connectivity index (χ2n) is 11.6. The monoisotopic (exact) mass is 731 g/mol. The lowest BCUT2D eigenvalue weighted by Gasteiger charge is -2.17. The molecule has 3 aromatic carbocycles. The molecule has 1 unspecified atom stereocenters. The fourth-order valence-corrected chi connectivity index (χ4v) is 5.28. The number of nitrogens with two attached hydrogens (primary N) is 1. The van der Waals surface area contributed by atoms with Gasteiger partial charge in [-0.1, -0.05) is 75.4 Å². The van der Waals surface area contributed by atoms with Crippen LogP contribution in [-0.2, 0) is 15.3 Å². The summed E-state index contributed by atoms with van der Waals surface area (Å²) >= 11 is 0. The normalized spacial score (nSPS) is 14.9. The van der Waals surface area contributed by atoms with Crippen molar-refractivity contribution < 1.29 is 33.0 Å². The first-order valence-electron chi connectivity index (χ1n) is 17.1. The zero-order valence-electron chi connectivity index (χ0n) is 30.7. The number of hydrogen-bond donors (Lipinski definition) is 3. The van der Waals surface area contributed by atoms with E-state index >= 15 is 0 Å². The zero-order valence-corrected chi connectivity index (χ0v) is 31.6. The van der Waals surface area contributed by atoms with Gasteiger partial charge in [0.2, 0.25) is 20.2 Å². The maximum atomic E-state index is 13.5. The highest BCUT2D eigenvalue weighted by molar-refractivity contribution is 7.46. The molecule has 4 N–H and O–H groups in total. The van der Waals surface area contributed by atoms with Gasteiger partial charge in [0, 0.05) is 37.2 Å². The molecule has 2 fully saturated rings. The highest BCUT2D eigenvalue weighted by Gasteiger charge is 2.40. The molecule has 0 spiro atoms. The molecule has 2 saturated heterocycles. The molecule has 282 valence electrons. The van der Waals surface area contributed by atoms with E-state index in [0.29, 0.717) is 22.6 Å². The Kier molecular flexibility index (Phi) is 24.9. The van der Waals surface area contributed by atoms with Crippen LogP contribution in [0, 0.1) is 17.2 Å². The van der Waals surface area contributed by atoms with Gasteiger partial charge >= 0.3 is 5.66 Å². The van der Waals surface area contributed by atoms with E-state index in [4.69, 9.17) is 25.6 Å². The molecule has 3 aromatic rings. The Bertz CT molecular complexity index is 1410. The highest BCUT2D eigenvalue weighted by Crippen LogP contribution is 2.52. The fourth-order valence-electron chi connectivity index (χ4n) is 4.91. The van der Waals surface area contributed by atoms with Gasteiger partial charge in [0.25, 0.3) is 0 Å². The van der Waals surface area contributed by atoms with Crippen molar-refractivity contribution in [3.8, 4) is 6.07 Å². The molecular formula is C38H56F2N5O5P. The standard InChI is InChI=1S/C12H10F2NO3P.C11H22N2O.C6H10N2.C6H6.C2H6.CH2O/c13-12(14,19(17)18)10-4-3-7-1-2-8(11(15)16)5-9(7)6-10;1-3-12(2)8-6-7-11(14)13-9-4-5-10-13;1-8-3-2-6(4-7)5-8;1-2-4-6-5-3-1;2*1-2/h1-6,17-18H,(H2,15,16);3-10H2,1-2H3;6H,2-3,5H2,1H3;1-6H;1-2H3;1H2.